The summed E-state index contributed by atoms with van der Waals surface area (Å²) in [5.74, 6) is 0.947. The van der Waals surface area contributed by atoms with E-state index in [1.807, 2.05) is 27.7 Å². The van der Waals surface area contributed by atoms with Crippen LogP contribution in [0.4, 0.5) is 9.18 Å². The number of aromatic nitrogens is 2. The van der Waals surface area contributed by atoms with Crippen molar-refractivity contribution in [3.8, 4) is 11.4 Å². The molecule has 1 aliphatic rings. The first-order valence-electron chi connectivity index (χ1n) is 10.8. The first-order valence-corrected chi connectivity index (χ1v) is 10.8. The second-order valence-corrected chi connectivity index (χ2v) is 9.46. The largest absolute Gasteiger partial charge is 0.444 e. The zero-order valence-electron chi connectivity index (χ0n) is 19.3. The molecule has 0 radical (unpaired) electrons. The van der Waals surface area contributed by atoms with Crippen molar-refractivity contribution < 1.29 is 18.4 Å². The van der Waals surface area contributed by atoms with Gasteiger partial charge in [0.2, 0.25) is 11.7 Å². The maximum atomic E-state index is 13.9. The molecule has 3 rings (SSSR count). The molecule has 1 aromatic heterocycles. The third-order valence-electron chi connectivity index (χ3n) is 5.56. The molecule has 1 aromatic carbocycles. The average molecular weight is 433 g/mol. The number of amides is 1. The van der Waals surface area contributed by atoms with Crippen LogP contribution in [0.15, 0.2) is 22.7 Å². The van der Waals surface area contributed by atoms with Gasteiger partial charge in [-0.2, -0.15) is 4.98 Å². The second kappa shape index (κ2) is 9.34. The van der Waals surface area contributed by atoms with Crippen LogP contribution in [-0.4, -0.2) is 58.3 Å². The van der Waals surface area contributed by atoms with E-state index in [0.29, 0.717) is 35.3 Å². The minimum atomic E-state index is -0.505. The molecule has 1 amide bonds. The van der Waals surface area contributed by atoms with E-state index in [4.69, 9.17) is 9.26 Å². The van der Waals surface area contributed by atoms with E-state index in [-0.39, 0.29) is 18.0 Å². The molecule has 2 aromatic rings. The number of hydrogen-bond acceptors (Lipinski definition) is 6. The fraction of sp³-hybridized carbons (Fsp3) is 0.609. The molecular formula is C23H33FN4O3. The van der Waals surface area contributed by atoms with E-state index in [1.165, 1.54) is 6.07 Å². The van der Waals surface area contributed by atoms with Gasteiger partial charge in [-0.15, -0.1) is 0 Å². The predicted molar refractivity (Wildman–Crippen MR) is 116 cm³/mol. The van der Waals surface area contributed by atoms with Crippen LogP contribution in [0.3, 0.4) is 0 Å². The van der Waals surface area contributed by atoms with Crippen LogP contribution in [-0.2, 0) is 4.74 Å². The number of carbonyl (C=O) groups excluding carboxylic acids is 1. The first-order chi connectivity index (χ1) is 14.5. The molecule has 1 saturated heterocycles. The zero-order valence-corrected chi connectivity index (χ0v) is 19.3. The lowest BCUT2D eigenvalue weighted by Crippen LogP contribution is -2.43. The Balaban J connectivity index is 1.62. The van der Waals surface area contributed by atoms with Gasteiger partial charge in [0.25, 0.3) is 0 Å². The van der Waals surface area contributed by atoms with Crippen molar-refractivity contribution in [1.82, 2.24) is 19.9 Å². The van der Waals surface area contributed by atoms with E-state index >= 15 is 0 Å². The summed E-state index contributed by atoms with van der Waals surface area (Å²) < 4.78 is 24.8. The molecule has 0 saturated carbocycles. The Morgan fingerprint density at radius 3 is 2.84 bits per heavy atom. The summed E-state index contributed by atoms with van der Waals surface area (Å²) in [5.41, 5.74) is 0.673. The third-order valence-corrected chi connectivity index (χ3v) is 5.56. The monoisotopic (exact) mass is 432 g/mol. The minimum Gasteiger partial charge on any atom is -0.444 e. The van der Waals surface area contributed by atoms with Crippen LogP contribution in [0.5, 0.6) is 0 Å². The van der Waals surface area contributed by atoms with Crippen LogP contribution in [0.25, 0.3) is 11.4 Å². The molecule has 31 heavy (non-hydrogen) atoms. The number of rotatable bonds is 5. The molecule has 170 valence electrons. The summed E-state index contributed by atoms with van der Waals surface area (Å²) in [7, 11) is 1.78. The van der Waals surface area contributed by atoms with Gasteiger partial charge in [-0.3, -0.25) is 4.90 Å². The topological polar surface area (TPSA) is 71.7 Å². The number of aryl methyl sites for hydroxylation is 1. The highest BCUT2D eigenvalue weighted by Gasteiger charge is 2.30. The molecule has 7 nitrogen and oxygen atoms in total. The number of likely N-dealkylation sites (tertiary alicyclic amines) is 1. The number of halogens is 1. The van der Waals surface area contributed by atoms with Crippen molar-refractivity contribution >= 4 is 6.09 Å². The third kappa shape index (κ3) is 6.03. The lowest BCUT2D eigenvalue weighted by Gasteiger charge is -2.37. The molecule has 0 bridgehead atoms. The average Bonchev–Trinajstić information content (AvgIpc) is 3.18. The highest BCUT2D eigenvalue weighted by molar-refractivity contribution is 5.67. The van der Waals surface area contributed by atoms with Gasteiger partial charge >= 0.3 is 6.09 Å². The molecule has 0 aliphatic carbocycles. The fourth-order valence-electron chi connectivity index (χ4n) is 3.81. The van der Waals surface area contributed by atoms with Crippen molar-refractivity contribution in [2.75, 3.05) is 26.7 Å². The van der Waals surface area contributed by atoms with Gasteiger partial charge in [0.1, 0.15) is 11.4 Å². The molecule has 1 aliphatic heterocycles. The molecule has 2 heterocycles. The minimum absolute atomic E-state index is 0.0637. The first kappa shape index (κ1) is 23.2. The van der Waals surface area contributed by atoms with Crippen LogP contribution in [0.2, 0.25) is 0 Å². The summed E-state index contributed by atoms with van der Waals surface area (Å²) in [5, 5.41) is 4.05. The standard InChI is InChI=1S/C23H33FN4O3/c1-15-9-10-18(12-19(15)24)20-25-21(31-26-20)16(2)28-11-7-8-17(14-28)13-27(6)22(29)30-23(3,4)5/h9-10,12,16-17H,7-8,11,13-14H2,1-6H3. The van der Waals surface area contributed by atoms with E-state index in [1.54, 1.807) is 31.0 Å². The summed E-state index contributed by atoms with van der Waals surface area (Å²) >= 11 is 0. The van der Waals surface area contributed by atoms with Gasteiger partial charge in [0, 0.05) is 25.7 Å². The highest BCUT2D eigenvalue weighted by Crippen LogP contribution is 2.28. The van der Waals surface area contributed by atoms with Crippen molar-refractivity contribution in [3.05, 3.63) is 35.5 Å². The van der Waals surface area contributed by atoms with E-state index in [0.717, 1.165) is 25.9 Å². The maximum absolute atomic E-state index is 13.9. The molecule has 0 N–H and O–H groups in total. The van der Waals surface area contributed by atoms with Crippen molar-refractivity contribution in [1.29, 1.82) is 0 Å². The fourth-order valence-corrected chi connectivity index (χ4v) is 3.81. The van der Waals surface area contributed by atoms with E-state index in [2.05, 4.69) is 15.0 Å². The summed E-state index contributed by atoms with van der Waals surface area (Å²) in [6, 6.07) is 4.87. The van der Waals surface area contributed by atoms with Gasteiger partial charge in [-0.05, 0) is 71.6 Å². The Morgan fingerprint density at radius 1 is 1.42 bits per heavy atom. The number of hydrogen-bond donors (Lipinski definition) is 0. The number of nitrogens with zero attached hydrogens (tertiary/aromatic N) is 4. The van der Waals surface area contributed by atoms with Crippen LogP contribution >= 0.6 is 0 Å². The number of benzene rings is 1. The number of carbonyl (C=O) groups is 1. The molecule has 2 unspecified atom stereocenters. The van der Waals surface area contributed by atoms with Crippen LogP contribution in [0.1, 0.15) is 58.0 Å². The SMILES string of the molecule is Cc1ccc(-c2noc(C(C)N3CCCC(CN(C)C(=O)OC(C)(C)C)C3)n2)cc1F. The molecule has 1 fully saturated rings. The number of piperidine rings is 1. The van der Waals surface area contributed by atoms with Gasteiger partial charge in [0.05, 0.1) is 6.04 Å². The Hall–Kier alpha value is -2.48. The van der Waals surface area contributed by atoms with Crippen LogP contribution in [0, 0.1) is 18.7 Å². The smallest absolute Gasteiger partial charge is 0.410 e. The zero-order chi connectivity index (χ0) is 22.8. The lowest BCUT2D eigenvalue weighted by molar-refractivity contribution is 0.0225. The van der Waals surface area contributed by atoms with Crippen LogP contribution < -0.4 is 0 Å². The second-order valence-electron chi connectivity index (χ2n) is 9.46. The van der Waals surface area contributed by atoms with Crippen molar-refractivity contribution in [3.63, 3.8) is 0 Å². The Bertz CT molecular complexity index is 908. The van der Waals surface area contributed by atoms with Gasteiger partial charge in [-0.1, -0.05) is 17.3 Å². The van der Waals surface area contributed by atoms with Gasteiger partial charge < -0.3 is 14.2 Å². The summed E-state index contributed by atoms with van der Waals surface area (Å²) in [6.07, 6.45) is 1.78. The lowest BCUT2D eigenvalue weighted by atomic mass is 9.96. The summed E-state index contributed by atoms with van der Waals surface area (Å²) in [6.45, 7) is 11.7. The predicted octanol–water partition coefficient (Wildman–Crippen LogP) is 4.82. The molecule has 2 atom stereocenters. The maximum Gasteiger partial charge on any atom is 0.410 e. The quantitative estimate of drug-likeness (QED) is 0.674. The Kier molecular flexibility index (Phi) is 6.99. The summed E-state index contributed by atoms with van der Waals surface area (Å²) in [4.78, 5) is 20.7. The Morgan fingerprint density at radius 2 is 2.16 bits per heavy atom. The normalized spacial score (nSPS) is 18.6. The van der Waals surface area contributed by atoms with Gasteiger partial charge in [0.15, 0.2) is 0 Å². The van der Waals surface area contributed by atoms with E-state index < -0.39 is 5.60 Å². The molecule has 8 heteroatoms. The Labute approximate surface area is 183 Å². The van der Waals surface area contributed by atoms with Crippen molar-refractivity contribution in [2.45, 2.75) is 59.1 Å². The van der Waals surface area contributed by atoms with E-state index in [9.17, 15) is 9.18 Å². The van der Waals surface area contributed by atoms with Gasteiger partial charge in [-0.25, -0.2) is 9.18 Å². The number of ether oxygens (including phenoxy) is 1. The molecular weight excluding hydrogens is 399 g/mol. The highest BCUT2D eigenvalue weighted by atomic mass is 19.1. The van der Waals surface area contributed by atoms with Crippen molar-refractivity contribution in [2.24, 2.45) is 5.92 Å². The molecule has 0 spiro atoms.